The van der Waals surface area contributed by atoms with Crippen LogP contribution < -0.4 is 4.72 Å². The molecule has 1 aliphatic carbocycles. The molecule has 0 unspecified atom stereocenters. The van der Waals surface area contributed by atoms with Crippen LogP contribution in [0, 0.1) is 5.92 Å². The molecule has 1 aromatic rings. The van der Waals surface area contributed by atoms with Crippen LogP contribution in [0.15, 0.2) is 34.1 Å². The molecule has 1 saturated carbocycles. The number of hydrogen-bond acceptors (Lipinski definition) is 5. The van der Waals surface area contributed by atoms with Gasteiger partial charge in [0.15, 0.2) is 9.84 Å². The highest BCUT2D eigenvalue weighted by atomic mass is 32.2. The van der Waals surface area contributed by atoms with Crippen LogP contribution in [0.3, 0.4) is 0 Å². The van der Waals surface area contributed by atoms with Gasteiger partial charge in [-0.15, -0.1) is 0 Å². The Labute approximate surface area is 135 Å². The smallest absolute Gasteiger partial charge is 0.306 e. The Kier molecular flexibility index (Phi) is 5.12. The highest BCUT2D eigenvalue weighted by Crippen LogP contribution is 2.25. The maximum Gasteiger partial charge on any atom is 0.306 e. The summed E-state index contributed by atoms with van der Waals surface area (Å²) < 4.78 is 49.9. The van der Waals surface area contributed by atoms with Gasteiger partial charge in [0.05, 0.1) is 15.7 Å². The Morgan fingerprint density at radius 1 is 1.00 bits per heavy atom. The van der Waals surface area contributed by atoms with E-state index < -0.39 is 31.7 Å². The second kappa shape index (κ2) is 6.58. The quantitative estimate of drug-likeness (QED) is 0.808. The first-order valence-electron chi connectivity index (χ1n) is 7.15. The second-order valence-corrected chi connectivity index (χ2v) is 9.48. The maximum atomic E-state index is 12.3. The molecular formula is C14H19NO6S2. The van der Waals surface area contributed by atoms with Crippen molar-refractivity contribution in [3.8, 4) is 0 Å². The highest BCUT2D eigenvalue weighted by molar-refractivity contribution is 7.90. The number of carboxylic acids is 1. The molecular weight excluding hydrogens is 342 g/mol. The van der Waals surface area contributed by atoms with Gasteiger partial charge in [-0.3, -0.25) is 4.79 Å². The molecule has 0 saturated heterocycles. The van der Waals surface area contributed by atoms with Gasteiger partial charge >= 0.3 is 5.97 Å². The molecule has 0 heterocycles. The van der Waals surface area contributed by atoms with Crippen LogP contribution in [0.4, 0.5) is 0 Å². The molecule has 0 aliphatic heterocycles. The van der Waals surface area contributed by atoms with E-state index >= 15 is 0 Å². The van der Waals surface area contributed by atoms with Gasteiger partial charge in [-0.05, 0) is 49.9 Å². The van der Waals surface area contributed by atoms with Crippen LogP contribution in [0.5, 0.6) is 0 Å². The van der Waals surface area contributed by atoms with Gasteiger partial charge in [0.1, 0.15) is 0 Å². The Hall–Kier alpha value is -1.45. The number of sulfone groups is 1. The Bertz CT molecular complexity index is 775. The number of rotatable bonds is 5. The number of benzene rings is 1. The lowest BCUT2D eigenvalue weighted by Gasteiger charge is -2.26. The van der Waals surface area contributed by atoms with Gasteiger partial charge in [-0.1, -0.05) is 0 Å². The van der Waals surface area contributed by atoms with E-state index in [1.807, 2.05) is 0 Å². The average molecular weight is 361 g/mol. The van der Waals surface area contributed by atoms with Crippen molar-refractivity contribution in [3.05, 3.63) is 24.3 Å². The summed E-state index contributed by atoms with van der Waals surface area (Å²) in [4.78, 5) is 10.9. The third-order valence-electron chi connectivity index (χ3n) is 3.96. The third kappa shape index (κ3) is 4.52. The summed E-state index contributed by atoms with van der Waals surface area (Å²) >= 11 is 0. The van der Waals surface area contributed by atoms with Gasteiger partial charge in [-0.2, -0.15) is 0 Å². The van der Waals surface area contributed by atoms with Gasteiger partial charge in [-0.25, -0.2) is 21.6 Å². The summed E-state index contributed by atoms with van der Waals surface area (Å²) in [7, 11) is -7.13. The fourth-order valence-corrected chi connectivity index (χ4v) is 4.55. The van der Waals surface area contributed by atoms with E-state index in [2.05, 4.69) is 4.72 Å². The third-order valence-corrected chi connectivity index (χ3v) is 6.63. The largest absolute Gasteiger partial charge is 0.481 e. The fraction of sp³-hybridized carbons (Fsp3) is 0.500. The highest BCUT2D eigenvalue weighted by Gasteiger charge is 2.28. The van der Waals surface area contributed by atoms with Crippen molar-refractivity contribution in [1.29, 1.82) is 0 Å². The number of nitrogens with one attached hydrogen (secondary N) is 1. The summed E-state index contributed by atoms with van der Waals surface area (Å²) in [6.45, 7) is 0. The van der Waals surface area contributed by atoms with E-state index in [0.29, 0.717) is 25.7 Å². The van der Waals surface area contributed by atoms with E-state index in [-0.39, 0.29) is 15.8 Å². The molecule has 0 aromatic heterocycles. The Morgan fingerprint density at radius 3 is 1.91 bits per heavy atom. The zero-order valence-corrected chi connectivity index (χ0v) is 14.2. The zero-order chi connectivity index (χ0) is 17.3. The lowest BCUT2D eigenvalue weighted by molar-refractivity contribution is -0.142. The summed E-state index contributed by atoms with van der Waals surface area (Å²) in [5.41, 5.74) is 0. The van der Waals surface area contributed by atoms with Crippen LogP contribution in [0.1, 0.15) is 25.7 Å². The molecule has 2 N–H and O–H groups in total. The molecule has 0 spiro atoms. The molecule has 7 nitrogen and oxygen atoms in total. The molecule has 2 rings (SSSR count). The zero-order valence-electron chi connectivity index (χ0n) is 12.6. The van der Waals surface area contributed by atoms with Crippen molar-refractivity contribution in [1.82, 2.24) is 4.72 Å². The minimum absolute atomic E-state index is 0.00902. The lowest BCUT2D eigenvalue weighted by Crippen LogP contribution is -2.38. The number of sulfonamides is 1. The van der Waals surface area contributed by atoms with E-state index in [1.54, 1.807) is 0 Å². The molecule has 0 atom stereocenters. The molecule has 128 valence electrons. The van der Waals surface area contributed by atoms with Crippen LogP contribution in [-0.4, -0.2) is 40.2 Å². The first-order valence-corrected chi connectivity index (χ1v) is 10.5. The summed E-state index contributed by atoms with van der Waals surface area (Å²) in [5.74, 6) is -1.26. The van der Waals surface area contributed by atoms with Crippen molar-refractivity contribution in [2.45, 2.75) is 41.5 Å². The summed E-state index contributed by atoms with van der Waals surface area (Å²) in [5, 5.41) is 8.94. The molecule has 0 bridgehead atoms. The summed E-state index contributed by atoms with van der Waals surface area (Å²) in [6, 6.07) is 4.71. The van der Waals surface area contributed by atoms with Crippen molar-refractivity contribution >= 4 is 25.8 Å². The minimum Gasteiger partial charge on any atom is -0.481 e. The van der Waals surface area contributed by atoms with Gasteiger partial charge in [0.2, 0.25) is 10.0 Å². The number of carboxylic acid groups (broad SMARTS) is 1. The predicted molar refractivity (Wildman–Crippen MR) is 83.3 cm³/mol. The SMILES string of the molecule is CS(=O)(=O)c1ccc(S(=O)(=O)NC2CCC(C(=O)O)CC2)cc1. The molecule has 23 heavy (non-hydrogen) atoms. The maximum absolute atomic E-state index is 12.3. The minimum atomic E-state index is -3.75. The molecule has 9 heteroatoms. The van der Waals surface area contributed by atoms with E-state index in [0.717, 1.165) is 6.26 Å². The molecule has 1 fully saturated rings. The number of hydrogen-bond donors (Lipinski definition) is 2. The topological polar surface area (TPSA) is 118 Å². The van der Waals surface area contributed by atoms with Gasteiger partial charge < -0.3 is 5.11 Å². The van der Waals surface area contributed by atoms with Crippen LogP contribution >= 0.6 is 0 Å². The Balaban J connectivity index is 2.06. The second-order valence-electron chi connectivity index (χ2n) is 5.75. The standard InChI is InChI=1S/C14H19NO6S2/c1-22(18,19)12-6-8-13(9-7-12)23(20,21)15-11-4-2-10(3-5-11)14(16)17/h6-11,15H,2-5H2,1H3,(H,16,17). The van der Waals surface area contributed by atoms with Crippen molar-refractivity contribution < 1.29 is 26.7 Å². The van der Waals surface area contributed by atoms with Crippen LogP contribution in [0.25, 0.3) is 0 Å². The Morgan fingerprint density at radius 2 is 1.48 bits per heavy atom. The van der Waals surface area contributed by atoms with Gasteiger partial charge in [0.25, 0.3) is 0 Å². The van der Waals surface area contributed by atoms with Gasteiger partial charge in [0, 0.05) is 12.3 Å². The first-order chi connectivity index (χ1) is 10.6. The molecule has 1 aromatic carbocycles. The van der Waals surface area contributed by atoms with E-state index in [1.165, 1.54) is 24.3 Å². The van der Waals surface area contributed by atoms with Crippen LogP contribution in [-0.2, 0) is 24.7 Å². The summed E-state index contributed by atoms with van der Waals surface area (Å²) in [6.07, 6.45) is 2.87. The lowest BCUT2D eigenvalue weighted by atomic mass is 9.87. The molecule has 1 aliphatic rings. The average Bonchev–Trinajstić information content (AvgIpc) is 2.46. The number of carbonyl (C=O) groups is 1. The van der Waals surface area contributed by atoms with Crippen molar-refractivity contribution in [2.24, 2.45) is 5.92 Å². The van der Waals surface area contributed by atoms with E-state index in [4.69, 9.17) is 5.11 Å². The predicted octanol–water partition coefficient (Wildman–Crippen LogP) is 1.01. The molecule has 0 amide bonds. The number of aliphatic carboxylic acids is 1. The van der Waals surface area contributed by atoms with E-state index in [9.17, 15) is 21.6 Å². The van der Waals surface area contributed by atoms with Crippen molar-refractivity contribution in [2.75, 3.05) is 6.26 Å². The normalized spacial score (nSPS) is 22.7. The fourth-order valence-electron chi connectivity index (χ4n) is 2.61. The molecule has 0 radical (unpaired) electrons. The first kappa shape index (κ1) is 17.9. The van der Waals surface area contributed by atoms with Crippen molar-refractivity contribution in [3.63, 3.8) is 0 Å². The van der Waals surface area contributed by atoms with Crippen LogP contribution in [0.2, 0.25) is 0 Å². The monoisotopic (exact) mass is 361 g/mol.